The lowest BCUT2D eigenvalue weighted by Gasteiger charge is -2.10. The van der Waals surface area contributed by atoms with Gasteiger partial charge in [0.25, 0.3) is 0 Å². The van der Waals surface area contributed by atoms with Crippen LogP contribution in [0.15, 0.2) is 48.5 Å². The van der Waals surface area contributed by atoms with Crippen LogP contribution >= 0.6 is 0 Å². The van der Waals surface area contributed by atoms with Crippen LogP contribution in [-0.2, 0) is 4.79 Å². The van der Waals surface area contributed by atoms with Crippen molar-refractivity contribution in [3.63, 3.8) is 0 Å². The molecule has 0 radical (unpaired) electrons. The van der Waals surface area contributed by atoms with E-state index >= 15 is 0 Å². The lowest BCUT2D eigenvalue weighted by Crippen LogP contribution is -2.09. The molecular formula is C20H23NO4. The minimum Gasteiger partial charge on any atom is -0.497 e. The van der Waals surface area contributed by atoms with E-state index < -0.39 is 0 Å². The molecule has 2 aromatic carbocycles. The van der Waals surface area contributed by atoms with Crippen molar-refractivity contribution in [2.75, 3.05) is 26.1 Å². The highest BCUT2D eigenvalue weighted by Gasteiger charge is 2.07. The van der Waals surface area contributed by atoms with Gasteiger partial charge in [0.05, 0.1) is 26.5 Å². The van der Waals surface area contributed by atoms with Crippen molar-refractivity contribution in [3.8, 4) is 17.2 Å². The molecule has 0 saturated carbocycles. The molecule has 0 spiro atoms. The first-order valence-corrected chi connectivity index (χ1v) is 8.10. The van der Waals surface area contributed by atoms with Crippen LogP contribution in [0, 0.1) is 0 Å². The van der Waals surface area contributed by atoms with E-state index in [1.807, 2.05) is 31.2 Å². The number of hydrogen-bond donors (Lipinski definition) is 1. The minimum absolute atomic E-state index is 0.256. The Morgan fingerprint density at radius 3 is 2.60 bits per heavy atom. The van der Waals surface area contributed by atoms with Crippen molar-refractivity contribution < 1.29 is 19.0 Å². The van der Waals surface area contributed by atoms with Gasteiger partial charge in [0.2, 0.25) is 5.91 Å². The highest BCUT2D eigenvalue weighted by molar-refractivity contribution is 6.03. The summed E-state index contributed by atoms with van der Waals surface area (Å²) in [5.74, 6) is 1.70. The average Bonchev–Trinajstić information content (AvgIpc) is 2.65. The van der Waals surface area contributed by atoms with Gasteiger partial charge in [0.15, 0.2) is 0 Å². The number of methoxy groups -OCH3 is 2. The second-order valence-corrected chi connectivity index (χ2v) is 5.28. The molecule has 0 aliphatic heterocycles. The van der Waals surface area contributed by atoms with Gasteiger partial charge in [-0.2, -0.15) is 0 Å². The van der Waals surface area contributed by atoms with Gasteiger partial charge in [-0.1, -0.05) is 25.1 Å². The molecule has 0 unspecified atom stereocenters. The lowest BCUT2D eigenvalue weighted by atomic mass is 10.2. The molecule has 0 aromatic heterocycles. The Bertz CT molecular complexity index is 740. The standard InChI is InChI=1S/C20H23NO4/c1-4-13-25-18-8-6-5-7-15(18)9-12-20(22)21-17-11-10-16(23-2)14-19(17)24-3/h5-12,14H,4,13H2,1-3H3,(H,21,22). The molecule has 25 heavy (non-hydrogen) atoms. The molecule has 0 heterocycles. The predicted molar refractivity (Wildman–Crippen MR) is 99.4 cm³/mol. The number of ether oxygens (including phenoxy) is 3. The van der Waals surface area contributed by atoms with Crippen LogP contribution in [0.5, 0.6) is 17.2 Å². The first kappa shape index (κ1) is 18.4. The zero-order chi connectivity index (χ0) is 18.1. The zero-order valence-electron chi connectivity index (χ0n) is 14.7. The molecule has 2 rings (SSSR count). The quantitative estimate of drug-likeness (QED) is 0.733. The van der Waals surface area contributed by atoms with Crippen LogP contribution in [0.25, 0.3) is 6.08 Å². The molecule has 0 fully saturated rings. The van der Waals surface area contributed by atoms with Gasteiger partial charge in [-0.3, -0.25) is 4.79 Å². The molecule has 5 heteroatoms. The van der Waals surface area contributed by atoms with E-state index in [0.29, 0.717) is 23.8 Å². The summed E-state index contributed by atoms with van der Waals surface area (Å²) in [6.07, 6.45) is 4.13. The first-order chi connectivity index (χ1) is 12.2. The molecule has 5 nitrogen and oxygen atoms in total. The molecule has 1 N–H and O–H groups in total. The Balaban J connectivity index is 2.09. The minimum atomic E-state index is -0.256. The number of carbonyl (C=O) groups excluding carboxylic acids is 1. The van der Waals surface area contributed by atoms with Gasteiger partial charge in [-0.05, 0) is 30.7 Å². The Morgan fingerprint density at radius 1 is 1.08 bits per heavy atom. The summed E-state index contributed by atoms with van der Waals surface area (Å²) < 4.78 is 16.1. The molecular weight excluding hydrogens is 318 g/mol. The van der Waals surface area contributed by atoms with Crippen molar-refractivity contribution in [2.24, 2.45) is 0 Å². The van der Waals surface area contributed by atoms with E-state index in [4.69, 9.17) is 14.2 Å². The number of hydrogen-bond acceptors (Lipinski definition) is 4. The fraction of sp³-hybridized carbons (Fsp3) is 0.250. The number of rotatable bonds is 8. The third-order valence-corrected chi connectivity index (χ3v) is 3.46. The van der Waals surface area contributed by atoms with Gasteiger partial charge in [-0.15, -0.1) is 0 Å². The average molecular weight is 341 g/mol. The maximum absolute atomic E-state index is 12.2. The predicted octanol–water partition coefficient (Wildman–Crippen LogP) is 4.14. The van der Waals surface area contributed by atoms with E-state index in [2.05, 4.69) is 5.32 Å². The highest BCUT2D eigenvalue weighted by atomic mass is 16.5. The largest absolute Gasteiger partial charge is 0.497 e. The summed E-state index contributed by atoms with van der Waals surface area (Å²) in [7, 11) is 3.12. The number of nitrogens with one attached hydrogen (secondary N) is 1. The molecule has 0 saturated heterocycles. The summed E-state index contributed by atoms with van der Waals surface area (Å²) in [5.41, 5.74) is 1.43. The summed E-state index contributed by atoms with van der Waals surface area (Å²) in [4.78, 5) is 12.2. The van der Waals surface area contributed by atoms with Crippen molar-refractivity contribution in [3.05, 3.63) is 54.1 Å². The normalized spacial score (nSPS) is 10.5. The highest BCUT2D eigenvalue weighted by Crippen LogP contribution is 2.29. The molecule has 132 valence electrons. The Labute approximate surface area is 148 Å². The summed E-state index contributed by atoms with van der Waals surface area (Å²) >= 11 is 0. The van der Waals surface area contributed by atoms with Crippen LogP contribution in [-0.4, -0.2) is 26.7 Å². The van der Waals surface area contributed by atoms with Crippen molar-refractivity contribution in [1.29, 1.82) is 0 Å². The fourth-order valence-electron chi connectivity index (χ4n) is 2.20. The number of para-hydroxylation sites is 1. The Morgan fingerprint density at radius 2 is 1.88 bits per heavy atom. The van der Waals surface area contributed by atoms with Crippen molar-refractivity contribution in [1.82, 2.24) is 0 Å². The second-order valence-electron chi connectivity index (χ2n) is 5.28. The third kappa shape index (κ3) is 5.28. The van der Waals surface area contributed by atoms with Crippen LogP contribution < -0.4 is 19.5 Å². The van der Waals surface area contributed by atoms with Crippen LogP contribution in [0.2, 0.25) is 0 Å². The first-order valence-electron chi connectivity index (χ1n) is 8.10. The van der Waals surface area contributed by atoms with Crippen LogP contribution in [0.4, 0.5) is 5.69 Å². The van der Waals surface area contributed by atoms with Gasteiger partial charge in [0, 0.05) is 17.7 Å². The van der Waals surface area contributed by atoms with E-state index in [1.165, 1.54) is 6.08 Å². The topological polar surface area (TPSA) is 56.8 Å². The molecule has 0 aliphatic rings. The summed E-state index contributed by atoms with van der Waals surface area (Å²) in [5, 5.41) is 2.80. The summed E-state index contributed by atoms with van der Waals surface area (Å²) in [6, 6.07) is 12.8. The van der Waals surface area contributed by atoms with Gasteiger partial charge >= 0.3 is 0 Å². The Hall–Kier alpha value is -2.95. The number of anilines is 1. The lowest BCUT2D eigenvalue weighted by molar-refractivity contribution is -0.111. The van der Waals surface area contributed by atoms with Crippen molar-refractivity contribution >= 4 is 17.7 Å². The van der Waals surface area contributed by atoms with Crippen LogP contribution in [0.3, 0.4) is 0 Å². The van der Waals surface area contributed by atoms with Gasteiger partial charge in [0.1, 0.15) is 17.2 Å². The molecule has 0 atom stereocenters. The molecule has 1 amide bonds. The second kappa shape index (κ2) is 9.37. The number of amides is 1. The van der Waals surface area contributed by atoms with Crippen LogP contribution in [0.1, 0.15) is 18.9 Å². The third-order valence-electron chi connectivity index (χ3n) is 3.46. The van der Waals surface area contributed by atoms with E-state index in [0.717, 1.165) is 17.7 Å². The number of benzene rings is 2. The smallest absolute Gasteiger partial charge is 0.248 e. The summed E-state index contributed by atoms with van der Waals surface area (Å²) in [6.45, 7) is 2.69. The maximum atomic E-state index is 12.2. The SMILES string of the molecule is CCCOc1ccccc1C=CC(=O)Nc1ccc(OC)cc1OC. The van der Waals surface area contributed by atoms with E-state index in [-0.39, 0.29) is 5.91 Å². The fourth-order valence-corrected chi connectivity index (χ4v) is 2.20. The monoisotopic (exact) mass is 341 g/mol. The van der Waals surface area contributed by atoms with Gasteiger partial charge in [-0.25, -0.2) is 0 Å². The van der Waals surface area contributed by atoms with E-state index in [9.17, 15) is 4.79 Å². The van der Waals surface area contributed by atoms with Crippen molar-refractivity contribution in [2.45, 2.75) is 13.3 Å². The number of carbonyl (C=O) groups is 1. The molecule has 0 bridgehead atoms. The van der Waals surface area contributed by atoms with E-state index in [1.54, 1.807) is 38.5 Å². The van der Waals surface area contributed by atoms with Gasteiger partial charge < -0.3 is 19.5 Å². The molecule has 0 aliphatic carbocycles. The Kier molecular flexibility index (Phi) is 6.89. The molecule has 2 aromatic rings. The zero-order valence-corrected chi connectivity index (χ0v) is 14.7. The maximum Gasteiger partial charge on any atom is 0.248 e.